The van der Waals surface area contributed by atoms with E-state index in [9.17, 15) is 9.59 Å². The second-order valence-electron chi connectivity index (χ2n) is 6.16. The molecule has 0 saturated carbocycles. The monoisotopic (exact) mass is 376 g/mol. The molecule has 0 spiro atoms. The number of likely N-dealkylation sites (N-methyl/N-ethyl adjacent to an activating group) is 1. The van der Waals surface area contributed by atoms with Gasteiger partial charge in [0.15, 0.2) is 11.3 Å². The molecule has 27 heavy (non-hydrogen) atoms. The molecule has 3 heterocycles. The summed E-state index contributed by atoms with van der Waals surface area (Å²) in [6.07, 6.45) is 5.39. The number of nitrogens with one attached hydrogen (secondary N) is 2. The second kappa shape index (κ2) is 10.2. The van der Waals surface area contributed by atoms with Gasteiger partial charge in [0.05, 0.1) is 6.54 Å². The fourth-order valence-electron chi connectivity index (χ4n) is 2.90. The Bertz CT molecular complexity index is 737. The van der Waals surface area contributed by atoms with E-state index in [1.807, 2.05) is 0 Å². The third-order valence-corrected chi connectivity index (χ3v) is 4.37. The average Bonchev–Trinajstić information content (AvgIpc) is 3.12. The van der Waals surface area contributed by atoms with Gasteiger partial charge >= 0.3 is 0 Å². The van der Waals surface area contributed by atoms with Crippen molar-refractivity contribution < 1.29 is 19.5 Å². The van der Waals surface area contributed by atoms with Crippen LogP contribution < -0.4 is 10.6 Å². The Morgan fingerprint density at radius 2 is 2.07 bits per heavy atom. The minimum absolute atomic E-state index is 0.0437. The van der Waals surface area contributed by atoms with Crippen molar-refractivity contribution in [2.24, 2.45) is 5.92 Å². The van der Waals surface area contributed by atoms with Crippen LogP contribution in [0.4, 0.5) is 0 Å². The van der Waals surface area contributed by atoms with E-state index in [1.165, 1.54) is 0 Å². The molecule has 0 aliphatic carbocycles. The highest BCUT2D eigenvalue weighted by Crippen LogP contribution is 2.16. The first kappa shape index (κ1) is 20.3. The minimum Gasteiger partial charge on any atom is -0.483 e. The van der Waals surface area contributed by atoms with Crippen molar-refractivity contribution in [2.45, 2.75) is 12.8 Å². The van der Waals surface area contributed by atoms with Crippen molar-refractivity contribution in [2.75, 3.05) is 33.2 Å². The number of nitrogens with zero attached hydrogens (tertiary/aromatic N) is 4. The summed E-state index contributed by atoms with van der Waals surface area (Å²) in [5.41, 5.74) is 1.04. The van der Waals surface area contributed by atoms with Crippen LogP contribution in [0.25, 0.3) is 5.65 Å². The standard InChI is InChI=1S/C16H22N6O2.CH2O2/c1-17-15(23)11-21-7-3-12(4-8-21)10-19-16(24)13-9-14-18-5-2-6-22(14)20-13;2-1-3/h2,5-6,9,12H,3-4,7-8,10-11H2,1H3,(H,17,23)(H,19,24);1H,(H,2,3). The van der Waals surface area contributed by atoms with Crippen LogP contribution in [-0.4, -0.2) is 76.1 Å². The molecule has 1 aliphatic heterocycles. The summed E-state index contributed by atoms with van der Waals surface area (Å²) >= 11 is 0. The highest BCUT2D eigenvalue weighted by atomic mass is 16.3. The van der Waals surface area contributed by atoms with E-state index in [-0.39, 0.29) is 18.3 Å². The van der Waals surface area contributed by atoms with Crippen LogP contribution in [0, 0.1) is 5.92 Å². The van der Waals surface area contributed by atoms with E-state index in [0.29, 0.717) is 30.3 Å². The normalized spacial score (nSPS) is 14.9. The van der Waals surface area contributed by atoms with Gasteiger partial charge in [-0.05, 0) is 37.9 Å². The molecule has 3 rings (SSSR count). The van der Waals surface area contributed by atoms with Gasteiger partial charge in [-0.1, -0.05) is 0 Å². The lowest BCUT2D eigenvalue weighted by Crippen LogP contribution is -2.42. The topological polar surface area (TPSA) is 129 Å². The summed E-state index contributed by atoms with van der Waals surface area (Å²) in [7, 11) is 1.65. The fraction of sp³-hybridized carbons (Fsp3) is 0.471. The van der Waals surface area contributed by atoms with Crippen LogP contribution in [0.5, 0.6) is 0 Å². The van der Waals surface area contributed by atoms with Crippen molar-refractivity contribution in [3.05, 3.63) is 30.2 Å². The molecule has 2 amide bonds. The Labute approximate surface area is 156 Å². The van der Waals surface area contributed by atoms with Gasteiger partial charge < -0.3 is 15.7 Å². The molecule has 2 aromatic heterocycles. The first-order chi connectivity index (χ1) is 13.1. The van der Waals surface area contributed by atoms with Gasteiger partial charge in [0.25, 0.3) is 12.4 Å². The minimum atomic E-state index is -0.250. The smallest absolute Gasteiger partial charge is 0.290 e. The van der Waals surface area contributed by atoms with E-state index in [2.05, 4.69) is 25.6 Å². The predicted octanol–water partition coefficient (Wildman–Crippen LogP) is -0.382. The number of hydrogen-bond acceptors (Lipinski definition) is 6. The highest BCUT2D eigenvalue weighted by molar-refractivity contribution is 5.93. The first-order valence-corrected chi connectivity index (χ1v) is 8.66. The number of carboxylic acid groups (broad SMARTS) is 1. The van der Waals surface area contributed by atoms with Gasteiger partial charge in [-0.2, -0.15) is 5.10 Å². The molecule has 1 fully saturated rings. The molecular formula is C17H24N6O4. The molecule has 0 aromatic carbocycles. The highest BCUT2D eigenvalue weighted by Gasteiger charge is 2.21. The maximum absolute atomic E-state index is 12.2. The Balaban J connectivity index is 0.000000817. The number of fused-ring (bicyclic) bond motifs is 1. The summed E-state index contributed by atoms with van der Waals surface area (Å²) in [6.45, 7) is 2.59. The van der Waals surface area contributed by atoms with Crippen LogP contribution in [0.15, 0.2) is 24.5 Å². The zero-order valence-corrected chi connectivity index (χ0v) is 15.2. The maximum Gasteiger partial charge on any atom is 0.290 e. The molecular weight excluding hydrogens is 352 g/mol. The Morgan fingerprint density at radius 3 is 2.70 bits per heavy atom. The molecule has 146 valence electrons. The van der Waals surface area contributed by atoms with Gasteiger partial charge in [-0.25, -0.2) is 9.50 Å². The molecule has 1 aliphatic rings. The second-order valence-corrected chi connectivity index (χ2v) is 6.16. The fourth-order valence-corrected chi connectivity index (χ4v) is 2.90. The predicted molar refractivity (Wildman–Crippen MR) is 97.2 cm³/mol. The average molecular weight is 376 g/mol. The number of aromatic nitrogens is 3. The van der Waals surface area contributed by atoms with Crippen molar-refractivity contribution in [3.8, 4) is 0 Å². The Hall–Kier alpha value is -3.01. The summed E-state index contributed by atoms with van der Waals surface area (Å²) < 4.78 is 1.59. The third-order valence-electron chi connectivity index (χ3n) is 4.37. The summed E-state index contributed by atoms with van der Waals surface area (Å²) in [5, 5.41) is 16.7. The Morgan fingerprint density at radius 1 is 1.37 bits per heavy atom. The van der Waals surface area contributed by atoms with Crippen LogP contribution in [0.1, 0.15) is 23.3 Å². The Kier molecular flexibility index (Phi) is 7.68. The van der Waals surface area contributed by atoms with Gasteiger partial charge in [0, 0.05) is 32.1 Å². The third kappa shape index (κ3) is 6.03. The molecule has 10 heteroatoms. The van der Waals surface area contributed by atoms with Gasteiger partial charge in [-0.15, -0.1) is 0 Å². The van der Waals surface area contributed by atoms with Crippen molar-refractivity contribution in [3.63, 3.8) is 0 Å². The molecule has 2 aromatic rings. The number of likely N-dealkylation sites (tertiary alicyclic amines) is 1. The molecule has 3 N–H and O–H groups in total. The molecule has 0 bridgehead atoms. The van der Waals surface area contributed by atoms with Crippen LogP contribution in [0.2, 0.25) is 0 Å². The lowest BCUT2D eigenvalue weighted by molar-refractivity contribution is -0.123. The lowest BCUT2D eigenvalue weighted by atomic mass is 9.97. The zero-order valence-electron chi connectivity index (χ0n) is 15.2. The maximum atomic E-state index is 12.2. The largest absolute Gasteiger partial charge is 0.483 e. The van der Waals surface area contributed by atoms with Gasteiger partial charge in [0.1, 0.15) is 0 Å². The van der Waals surface area contributed by atoms with E-state index in [4.69, 9.17) is 9.90 Å². The van der Waals surface area contributed by atoms with E-state index in [0.717, 1.165) is 25.9 Å². The number of carbonyl (C=O) groups excluding carboxylic acids is 2. The molecule has 0 unspecified atom stereocenters. The number of amides is 2. The van der Waals surface area contributed by atoms with Crippen molar-refractivity contribution >= 4 is 23.9 Å². The van der Waals surface area contributed by atoms with E-state index >= 15 is 0 Å². The molecule has 10 nitrogen and oxygen atoms in total. The number of carbonyl (C=O) groups is 3. The SMILES string of the molecule is CNC(=O)CN1CCC(CNC(=O)c2cc3ncccn3n2)CC1.O=CO. The lowest BCUT2D eigenvalue weighted by Gasteiger charge is -2.31. The molecule has 0 atom stereocenters. The van der Waals surface area contributed by atoms with Crippen LogP contribution in [-0.2, 0) is 9.59 Å². The van der Waals surface area contributed by atoms with Gasteiger partial charge in [-0.3, -0.25) is 19.3 Å². The number of rotatable bonds is 5. The first-order valence-electron chi connectivity index (χ1n) is 8.66. The summed E-state index contributed by atoms with van der Waals surface area (Å²) in [5.74, 6) is 0.306. The van der Waals surface area contributed by atoms with Crippen molar-refractivity contribution in [1.82, 2.24) is 30.1 Å². The van der Waals surface area contributed by atoms with Crippen molar-refractivity contribution in [1.29, 1.82) is 0 Å². The summed E-state index contributed by atoms with van der Waals surface area (Å²) in [4.78, 5) is 38.3. The molecule has 1 saturated heterocycles. The van der Waals surface area contributed by atoms with Gasteiger partial charge in [0.2, 0.25) is 5.91 Å². The van der Waals surface area contributed by atoms with E-state index < -0.39 is 0 Å². The quantitative estimate of drug-likeness (QED) is 0.607. The number of hydrogen-bond donors (Lipinski definition) is 3. The van der Waals surface area contributed by atoms with Crippen LogP contribution in [0.3, 0.4) is 0 Å². The van der Waals surface area contributed by atoms with E-state index in [1.54, 1.807) is 36.1 Å². The number of piperidine rings is 1. The zero-order chi connectivity index (χ0) is 19.6. The molecule has 0 radical (unpaired) electrons. The van der Waals surface area contributed by atoms with Crippen LogP contribution >= 0.6 is 0 Å². The summed E-state index contributed by atoms with van der Waals surface area (Å²) in [6, 6.07) is 3.45.